The maximum absolute atomic E-state index is 11.6. The van der Waals surface area contributed by atoms with Crippen LogP contribution >= 0.6 is 0 Å². The van der Waals surface area contributed by atoms with Crippen molar-refractivity contribution >= 4 is 11.4 Å². The summed E-state index contributed by atoms with van der Waals surface area (Å²) in [4.78, 5) is 25.3. The van der Waals surface area contributed by atoms with Crippen molar-refractivity contribution in [1.29, 1.82) is 0 Å². The van der Waals surface area contributed by atoms with Gasteiger partial charge in [-0.05, 0) is 45.3 Å². The smallest absolute Gasteiger partial charge is 0.253 e. The SMILES string of the molecule is CN(C)CCCCNc1c(NCCC(C)(C)C)c(=O)c1=O. The van der Waals surface area contributed by atoms with Gasteiger partial charge in [0.15, 0.2) is 0 Å². The molecule has 21 heavy (non-hydrogen) atoms. The van der Waals surface area contributed by atoms with Gasteiger partial charge in [0.2, 0.25) is 0 Å². The fourth-order valence-electron chi connectivity index (χ4n) is 2.06. The van der Waals surface area contributed by atoms with Gasteiger partial charge in [-0.1, -0.05) is 20.8 Å². The Kier molecular flexibility index (Phi) is 6.40. The lowest BCUT2D eigenvalue weighted by atomic mass is 9.92. The van der Waals surface area contributed by atoms with Gasteiger partial charge in [-0.25, -0.2) is 0 Å². The number of hydrogen-bond acceptors (Lipinski definition) is 5. The summed E-state index contributed by atoms with van der Waals surface area (Å²) in [6.45, 7) is 8.93. The highest BCUT2D eigenvalue weighted by atomic mass is 16.2. The van der Waals surface area contributed by atoms with Crippen LogP contribution in [0.15, 0.2) is 9.59 Å². The maximum Gasteiger partial charge on any atom is 0.253 e. The fourth-order valence-corrected chi connectivity index (χ4v) is 2.06. The van der Waals surface area contributed by atoms with Crippen LogP contribution in [-0.2, 0) is 0 Å². The Morgan fingerprint density at radius 2 is 1.43 bits per heavy atom. The molecule has 0 aliphatic carbocycles. The first-order valence-corrected chi connectivity index (χ1v) is 7.68. The fraction of sp³-hybridized carbons (Fsp3) is 0.750. The molecular formula is C16H29N3O2. The average molecular weight is 295 g/mol. The molecule has 0 saturated carbocycles. The van der Waals surface area contributed by atoms with Gasteiger partial charge in [-0.3, -0.25) is 9.59 Å². The van der Waals surface area contributed by atoms with Crippen molar-refractivity contribution in [3.8, 4) is 0 Å². The first kappa shape index (κ1) is 17.7. The molecule has 0 bridgehead atoms. The lowest BCUT2D eigenvalue weighted by molar-refractivity contribution is 0.389. The van der Waals surface area contributed by atoms with Gasteiger partial charge < -0.3 is 15.5 Å². The van der Waals surface area contributed by atoms with Crippen molar-refractivity contribution in [1.82, 2.24) is 4.90 Å². The molecule has 0 aliphatic heterocycles. The molecule has 0 atom stereocenters. The first-order chi connectivity index (χ1) is 9.72. The Hall–Kier alpha value is -1.36. The summed E-state index contributed by atoms with van der Waals surface area (Å²) < 4.78 is 0. The monoisotopic (exact) mass is 295 g/mol. The van der Waals surface area contributed by atoms with Gasteiger partial charge in [-0.15, -0.1) is 0 Å². The molecule has 0 aromatic heterocycles. The van der Waals surface area contributed by atoms with Crippen LogP contribution in [0.2, 0.25) is 0 Å². The summed E-state index contributed by atoms with van der Waals surface area (Å²) in [6, 6.07) is 0. The van der Waals surface area contributed by atoms with E-state index in [2.05, 4.69) is 36.3 Å². The number of hydrogen-bond donors (Lipinski definition) is 2. The highest BCUT2D eigenvalue weighted by molar-refractivity contribution is 5.73. The van der Waals surface area contributed by atoms with E-state index in [4.69, 9.17) is 0 Å². The molecule has 5 heteroatoms. The predicted octanol–water partition coefficient (Wildman–Crippen LogP) is 1.88. The molecule has 5 nitrogen and oxygen atoms in total. The third kappa shape index (κ3) is 5.87. The first-order valence-electron chi connectivity index (χ1n) is 7.68. The number of rotatable bonds is 9. The Morgan fingerprint density at radius 1 is 0.905 bits per heavy atom. The van der Waals surface area contributed by atoms with Crippen LogP contribution in [0, 0.1) is 5.41 Å². The molecule has 0 fully saturated rings. The van der Waals surface area contributed by atoms with E-state index in [0.717, 1.165) is 32.4 Å². The topological polar surface area (TPSA) is 61.4 Å². The van der Waals surface area contributed by atoms with E-state index in [9.17, 15) is 9.59 Å². The second-order valence-electron chi connectivity index (χ2n) is 7.08. The lowest BCUT2D eigenvalue weighted by Crippen LogP contribution is -2.38. The molecule has 1 aromatic carbocycles. The standard InChI is InChI=1S/C16H29N3O2/c1-16(2,3)8-10-18-13-12(14(20)15(13)21)17-9-6-7-11-19(4)5/h17-18H,6-11H2,1-5H3. The van der Waals surface area contributed by atoms with Gasteiger partial charge in [0.05, 0.1) is 0 Å². The number of anilines is 2. The maximum atomic E-state index is 11.6. The van der Waals surface area contributed by atoms with E-state index >= 15 is 0 Å². The van der Waals surface area contributed by atoms with E-state index in [1.54, 1.807) is 0 Å². The molecule has 0 saturated heterocycles. The molecule has 0 unspecified atom stereocenters. The molecule has 0 radical (unpaired) electrons. The quantitative estimate of drug-likeness (QED) is 0.538. The molecule has 120 valence electrons. The van der Waals surface area contributed by atoms with Crippen molar-refractivity contribution in [2.75, 3.05) is 44.4 Å². The van der Waals surface area contributed by atoms with E-state index in [0.29, 0.717) is 17.9 Å². The minimum absolute atomic E-state index is 0.212. The molecule has 0 spiro atoms. The Labute approximate surface area is 127 Å². The number of unbranched alkanes of at least 4 members (excludes halogenated alkanes) is 1. The highest BCUT2D eigenvalue weighted by Gasteiger charge is 2.20. The van der Waals surface area contributed by atoms with Crippen molar-refractivity contribution in [2.45, 2.75) is 40.0 Å². The predicted molar refractivity (Wildman–Crippen MR) is 90.2 cm³/mol. The largest absolute Gasteiger partial charge is 0.380 e. The molecule has 1 rings (SSSR count). The summed E-state index contributed by atoms with van der Waals surface area (Å²) in [6.07, 6.45) is 3.01. The second-order valence-corrected chi connectivity index (χ2v) is 7.08. The average Bonchev–Trinajstić information content (AvgIpc) is 2.37. The third-order valence-electron chi connectivity index (χ3n) is 3.42. The van der Waals surface area contributed by atoms with Gasteiger partial charge in [0.25, 0.3) is 10.9 Å². The van der Waals surface area contributed by atoms with Crippen LogP contribution in [0.1, 0.15) is 40.0 Å². The Bertz CT molecular complexity index is 508. The normalized spacial score (nSPS) is 12.1. The lowest BCUT2D eigenvalue weighted by Gasteiger charge is -2.20. The molecule has 0 amide bonds. The molecule has 2 N–H and O–H groups in total. The second kappa shape index (κ2) is 7.59. The van der Waals surface area contributed by atoms with Crippen LogP contribution in [0.3, 0.4) is 0 Å². The number of nitrogens with zero attached hydrogens (tertiary/aromatic N) is 1. The van der Waals surface area contributed by atoms with Gasteiger partial charge >= 0.3 is 0 Å². The van der Waals surface area contributed by atoms with E-state index in [-0.39, 0.29) is 16.3 Å². The minimum atomic E-state index is -0.389. The van der Waals surface area contributed by atoms with Gasteiger partial charge in [0.1, 0.15) is 11.4 Å². The summed E-state index contributed by atoms with van der Waals surface area (Å²) in [5.41, 5.74) is 0.376. The van der Waals surface area contributed by atoms with Crippen LogP contribution < -0.4 is 21.5 Å². The summed E-state index contributed by atoms with van der Waals surface area (Å²) in [5.74, 6) is 0. The van der Waals surface area contributed by atoms with Gasteiger partial charge in [0, 0.05) is 13.1 Å². The number of nitrogens with one attached hydrogen (secondary N) is 2. The zero-order valence-electron chi connectivity index (χ0n) is 14.0. The summed E-state index contributed by atoms with van der Waals surface area (Å²) in [7, 11) is 4.09. The summed E-state index contributed by atoms with van der Waals surface area (Å²) in [5, 5.41) is 6.20. The van der Waals surface area contributed by atoms with Crippen molar-refractivity contribution < 1.29 is 0 Å². The van der Waals surface area contributed by atoms with Crippen LogP contribution in [-0.4, -0.2) is 38.6 Å². The van der Waals surface area contributed by atoms with Crippen molar-refractivity contribution in [3.63, 3.8) is 0 Å². The zero-order chi connectivity index (χ0) is 16.0. The van der Waals surface area contributed by atoms with E-state index in [1.807, 2.05) is 14.1 Å². The molecular weight excluding hydrogens is 266 g/mol. The molecule has 1 aromatic rings. The van der Waals surface area contributed by atoms with Crippen molar-refractivity contribution in [3.05, 3.63) is 20.4 Å². The van der Waals surface area contributed by atoms with E-state index < -0.39 is 0 Å². The molecule has 0 aliphatic rings. The van der Waals surface area contributed by atoms with Crippen LogP contribution in [0.25, 0.3) is 0 Å². The zero-order valence-corrected chi connectivity index (χ0v) is 14.0. The van der Waals surface area contributed by atoms with E-state index in [1.165, 1.54) is 0 Å². The highest BCUT2D eigenvalue weighted by Crippen LogP contribution is 2.20. The summed E-state index contributed by atoms with van der Waals surface area (Å²) >= 11 is 0. The molecule has 0 heterocycles. The van der Waals surface area contributed by atoms with Crippen LogP contribution in [0.4, 0.5) is 11.4 Å². The van der Waals surface area contributed by atoms with Crippen LogP contribution in [0.5, 0.6) is 0 Å². The van der Waals surface area contributed by atoms with Gasteiger partial charge in [-0.2, -0.15) is 0 Å². The minimum Gasteiger partial charge on any atom is -0.380 e. The Morgan fingerprint density at radius 3 is 1.90 bits per heavy atom. The Balaban J connectivity index is 2.40. The third-order valence-corrected chi connectivity index (χ3v) is 3.42. The van der Waals surface area contributed by atoms with Crippen molar-refractivity contribution in [2.24, 2.45) is 5.41 Å².